The van der Waals surface area contributed by atoms with Crippen LogP contribution in [0.15, 0.2) is 16.3 Å². The molecule has 0 saturated heterocycles. The Labute approximate surface area is 125 Å². The van der Waals surface area contributed by atoms with Crippen LogP contribution in [-0.4, -0.2) is 18.6 Å². The summed E-state index contributed by atoms with van der Waals surface area (Å²) in [6.07, 6.45) is 0.761. The molecular formula is C11H12N4O2S3. The van der Waals surface area contributed by atoms with Gasteiger partial charge in [-0.05, 0) is 18.1 Å². The van der Waals surface area contributed by atoms with Gasteiger partial charge in [-0.1, -0.05) is 25.2 Å². The first-order valence-electron chi connectivity index (χ1n) is 5.76. The Morgan fingerprint density at radius 3 is 2.70 bits per heavy atom. The number of hydrogen-bond donors (Lipinski definition) is 1. The normalized spacial score (nSPS) is 11.5. The fraction of sp³-hybridized carbons (Fsp3) is 0.364. The molecule has 0 unspecified atom stereocenters. The summed E-state index contributed by atoms with van der Waals surface area (Å²) in [5, 5.41) is 17.5. The van der Waals surface area contributed by atoms with Crippen LogP contribution in [0.1, 0.15) is 23.7 Å². The summed E-state index contributed by atoms with van der Waals surface area (Å²) in [6.45, 7) is 4.11. The minimum Gasteiger partial charge on any atom is -0.253 e. The summed E-state index contributed by atoms with van der Waals surface area (Å²) in [7, 11) is -3.69. The Kier molecular flexibility index (Phi) is 4.37. The first-order valence-corrected chi connectivity index (χ1v) is 8.87. The van der Waals surface area contributed by atoms with Crippen molar-refractivity contribution < 1.29 is 8.42 Å². The molecule has 0 fully saturated rings. The third-order valence-electron chi connectivity index (χ3n) is 2.23. The van der Waals surface area contributed by atoms with Gasteiger partial charge in [-0.3, -0.25) is 4.72 Å². The van der Waals surface area contributed by atoms with Gasteiger partial charge in [0.25, 0.3) is 10.0 Å². The van der Waals surface area contributed by atoms with Gasteiger partial charge in [0.1, 0.15) is 20.2 Å². The number of rotatable bonds is 5. The molecule has 9 heteroatoms. The number of hydrogen-bond acceptors (Lipinski definition) is 7. The molecule has 2 aromatic heterocycles. The molecule has 0 saturated carbocycles. The molecule has 0 spiro atoms. The summed E-state index contributed by atoms with van der Waals surface area (Å²) in [6, 6.07) is 4.79. The number of anilines is 1. The summed E-state index contributed by atoms with van der Waals surface area (Å²) in [5.74, 6) is 0.433. The van der Waals surface area contributed by atoms with Gasteiger partial charge in [0.15, 0.2) is 0 Å². The quantitative estimate of drug-likeness (QED) is 0.909. The zero-order chi connectivity index (χ0) is 14.8. The van der Waals surface area contributed by atoms with Crippen LogP contribution in [0.5, 0.6) is 0 Å². The molecule has 106 valence electrons. The van der Waals surface area contributed by atoms with Gasteiger partial charge in [0.05, 0.1) is 0 Å². The zero-order valence-electron chi connectivity index (χ0n) is 10.8. The van der Waals surface area contributed by atoms with E-state index in [1.807, 2.05) is 6.07 Å². The van der Waals surface area contributed by atoms with Crippen molar-refractivity contribution >= 4 is 37.8 Å². The van der Waals surface area contributed by atoms with Crippen LogP contribution >= 0.6 is 22.7 Å². The van der Waals surface area contributed by atoms with Gasteiger partial charge in [-0.15, -0.1) is 21.5 Å². The molecular weight excluding hydrogens is 316 g/mol. The van der Waals surface area contributed by atoms with E-state index in [1.165, 1.54) is 23.5 Å². The highest BCUT2D eigenvalue weighted by Crippen LogP contribution is 2.25. The summed E-state index contributed by atoms with van der Waals surface area (Å²) >= 11 is 2.14. The fourth-order valence-electron chi connectivity index (χ4n) is 1.42. The number of sulfonamides is 1. The smallest absolute Gasteiger partial charge is 0.253 e. The molecule has 0 radical (unpaired) electrons. The molecule has 0 aliphatic rings. The second-order valence-corrected chi connectivity index (χ2v) is 8.49. The average molecular weight is 328 g/mol. The summed E-state index contributed by atoms with van der Waals surface area (Å²) in [5.41, 5.74) is 0. The highest BCUT2D eigenvalue weighted by molar-refractivity contribution is 7.94. The van der Waals surface area contributed by atoms with E-state index in [2.05, 4.69) is 28.8 Å². The average Bonchev–Trinajstić information content (AvgIpc) is 2.97. The third kappa shape index (κ3) is 3.53. The lowest BCUT2D eigenvalue weighted by Gasteiger charge is -2.00. The van der Waals surface area contributed by atoms with E-state index in [1.54, 1.807) is 0 Å². The van der Waals surface area contributed by atoms with Crippen molar-refractivity contribution in [3.05, 3.63) is 22.0 Å². The maximum absolute atomic E-state index is 12.1. The summed E-state index contributed by atoms with van der Waals surface area (Å²) in [4.78, 5) is 0.350. The van der Waals surface area contributed by atoms with Crippen molar-refractivity contribution in [3.8, 4) is 6.07 Å². The van der Waals surface area contributed by atoms with Crippen LogP contribution < -0.4 is 4.72 Å². The Hall–Kier alpha value is -1.50. The lowest BCUT2D eigenvalue weighted by atomic mass is 10.1. The van der Waals surface area contributed by atoms with Gasteiger partial charge in [-0.25, -0.2) is 8.42 Å². The van der Waals surface area contributed by atoms with E-state index in [4.69, 9.17) is 5.26 Å². The number of nitrogens with zero attached hydrogens (tertiary/aromatic N) is 3. The molecule has 2 rings (SSSR count). The Morgan fingerprint density at radius 1 is 1.35 bits per heavy atom. The number of thiophene rings is 1. The van der Waals surface area contributed by atoms with Crippen molar-refractivity contribution in [2.24, 2.45) is 5.92 Å². The predicted molar refractivity (Wildman–Crippen MR) is 78.3 cm³/mol. The molecule has 2 heterocycles. The second kappa shape index (κ2) is 5.87. The minimum atomic E-state index is -3.69. The zero-order valence-corrected chi connectivity index (χ0v) is 13.3. The van der Waals surface area contributed by atoms with Crippen LogP contribution in [0.25, 0.3) is 0 Å². The molecule has 1 N–H and O–H groups in total. The van der Waals surface area contributed by atoms with Gasteiger partial charge in [0, 0.05) is 6.42 Å². The van der Waals surface area contributed by atoms with E-state index in [-0.39, 0.29) is 9.34 Å². The van der Waals surface area contributed by atoms with Gasteiger partial charge < -0.3 is 0 Å². The second-order valence-electron chi connectivity index (χ2n) is 4.43. The van der Waals surface area contributed by atoms with Crippen LogP contribution in [0.4, 0.5) is 5.13 Å². The lowest BCUT2D eigenvalue weighted by molar-refractivity contribution is 0.603. The molecule has 0 aliphatic carbocycles. The molecule has 0 aromatic carbocycles. The number of nitriles is 1. The molecule has 0 atom stereocenters. The van der Waals surface area contributed by atoms with Crippen molar-refractivity contribution in [1.29, 1.82) is 5.26 Å². The standard InChI is InChI=1S/C11H12N4O2S3/c1-7(2)5-9-13-14-11(19-9)15-20(16,17)10-4-3-8(6-12)18-10/h3-4,7H,5H2,1-2H3,(H,14,15). The minimum absolute atomic E-state index is 0.0923. The maximum atomic E-state index is 12.1. The van der Waals surface area contributed by atoms with Crippen molar-refractivity contribution in [2.75, 3.05) is 4.72 Å². The monoisotopic (exact) mass is 328 g/mol. The van der Waals surface area contributed by atoms with E-state index in [0.29, 0.717) is 10.8 Å². The first-order chi connectivity index (χ1) is 9.40. The van der Waals surface area contributed by atoms with Crippen molar-refractivity contribution in [1.82, 2.24) is 10.2 Å². The van der Waals surface area contributed by atoms with E-state index >= 15 is 0 Å². The number of aromatic nitrogens is 2. The van der Waals surface area contributed by atoms with E-state index in [0.717, 1.165) is 22.8 Å². The third-order valence-corrected chi connectivity index (χ3v) is 6.04. The van der Waals surface area contributed by atoms with E-state index in [9.17, 15) is 8.42 Å². The topological polar surface area (TPSA) is 95.7 Å². The van der Waals surface area contributed by atoms with Crippen molar-refractivity contribution in [2.45, 2.75) is 24.5 Å². The molecule has 20 heavy (non-hydrogen) atoms. The largest absolute Gasteiger partial charge is 0.273 e. The molecule has 0 aliphatic heterocycles. The Balaban J connectivity index is 2.16. The lowest BCUT2D eigenvalue weighted by Crippen LogP contribution is -2.11. The molecule has 2 aromatic rings. The van der Waals surface area contributed by atoms with E-state index < -0.39 is 10.0 Å². The van der Waals surface area contributed by atoms with Gasteiger partial charge in [-0.2, -0.15) is 5.26 Å². The SMILES string of the molecule is CC(C)Cc1nnc(NS(=O)(=O)c2ccc(C#N)s2)s1. The highest BCUT2D eigenvalue weighted by Gasteiger charge is 2.19. The first kappa shape index (κ1) is 14.9. The maximum Gasteiger partial charge on any atom is 0.273 e. The van der Waals surface area contributed by atoms with Crippen LogP contribution in [-0.2, 0) is 16.4 Å². The molecule has 6 nitrogen and oxygen atoms in total. The molecule has 0 bridgehead atoms. The van der Waals surface area contributed by atoms with Crippen LogP contribution in [0, 0.1) is 17.2 Å². The predicted octanol–water partition coefficient (Wildman–Crippen LogP) is 2.47. The van der Waals surface area contributed by atoms with Crippen LogP contribution in [0.3, 0.4) is 0 Å². The van der Waals surface area contributed by atoms with Crippen LogP contribution in [0.2, 0.25) is 0 Å². The molecule has 0 amide bonds. The number of nitrogens with one attached hydrogen (secondary N) is 1. The van der Waals surface area contributed by atoms with Gasteiger partial charge in [0.2, 0.25) is 5.13 Å². The Bertz CT molecular complexity index is 740. The van der Waals surface area contributed by atoms with Gasteiger partial charge >= 0.3 is 0 Å². The van der Waals surface area contributed by atoms with Crippen molar-refractivity contribution in [3.63, 3.8) is 0 Å². The highest BCUT2D eigenvalue weighted by atomic mass is 32.2. The Morgan fingerprint density at radius 2 is 2.10 bits per heavy atom. The fourth-order valence-corrected chi connectivity index (χ4v) is 4.70. The summed E-state index contributed by atoms with van der Waals surface area (Å²) < 4.78 is 26.7.